The van der Waals surface area contributed by atoms with Gasteiger partial charge in [-0.25, -0.2) is 0 Å². The Balaban J connectivity index is 2.28. The predicted molar refractivity (Wildman–Crippen MR) is 88.2 cm³/mol. The average Bonchev–Trinajstić information content (AvgIpc) is 2.72. The third-order valence-electron chi connectivity index (χ3n) is 2.85. The number of para-hydroxylation sites is 1. The van der Waals surface area contributed by atoms with Crippen molar-refractivity contribution in [3.8, 4) is 0 Å². The van der Waals surface area contributed by atoms with E-state index >= 15 is 0 Å². The van der Waals surface area contributed by atoms with Crippen LogP contribution in [0.3, 0.4) is 0 Å². The van der Waals surface area contributed by atoms with Gasteiger partial charge in [-0.1, -0.05) is 25.1 Å². The van der Waals surface area contributed by atoms with Crippen LogP contribution in [0.1, 0.15) is 27.7 Å². The molecule has 19 heavy (non-hydrogen) atoms. The first-order valence-corrected chi connectivity index (χ1v) is 8.27. The fraction of sp³-hybridized carbons (Fsp3) is 0.214. The highest BCUT2D eigenvalue weighted by Crippen LogP contribution is 2.33. The first-order valence-electron chi connectivity index (χ1n) is 5.87. The highest BCUT2D eigenvalue weighted by Gasteiger charge is 2.14. The Morgan fingerprint density at radius 2 is 2.11 bits per heavy atom. The molecule has 2 aromatic rings. The van der Waals surface area contributed by atoms with Gasteiger partial charge in [0.15, 0.2) is 0 Å². The molecule has 1 aromatic heterocycles. The van der Waals surface area contributed by atoms with Gasteiger partial charge in [0.1, 0.15) is 0 Å². The van der Waals surface area contributed by atoms with Crippen molar-refractivity contribution >= 4 is 54.8 Å². The standard InChI is InChI=1S/C14H13Br2NOS/c1-3-9-6-4-5-8(2)12(9)17-14(18)11-7-10(15)13(16)19-11/h4-7H,3H2,1-2H3,(H,17,18). The number of hydrogen-bond donors (Lipinski definition) is 1. The number of amides is 1. The molecule has 2 nitrogen and oxygen atoms in total. The van der Waals surface area contributed by atoms with E-state index in [1.807, 2.05) is 31.2 Å². The minimum atomic E-state index is -0.0691. The Labute approximate surface area is 133 Å². The molecule has 0 atom stereocenters. The molecule has 0 aliphatic carbocycles. The zero-order chi connectivity index (χ0) is 14.0. The Hall–Kier alpha value is -0.650. The lowest BCUT2D eigenvalue weighted by Gasteiger charge is -2.12. The van der Waals surface area contributed by atoms with Crippen molar-refractivity contribution in [1.82, 2.24) is 0 Å². The van der Waals surface area contributed by atoms with Crippen LogP contribution in [0, 0.1) is 6.92 Å². The normalized spacial score (nSPS) is 10.5. The number of carbonyl (C=O) groups is 1. The molecular formula is C14H13Br2NOS. The van der Waals surface area contributed by atoms with Crippen molar-refractivity contribution in [2.45, 2.75) is 20.3 Å². The molecule has 0 spiro atoms. The summed E-state index contributed by atoms with van der Waals surface area (Å²) in [6.45, 7) is 4.10. The summed E-state index contributed by atoms with van der Waals surface area (Å²) in [5.74, 6) is -0.0691. The van der Waals surface area contributed by atoms with Gasteiger partial charge in [-0.3, -0.25) is 4.79 Å². The largest absolute Gasteiger partial charge is 0.321 e. The van der Waals surface area contributed by atoms with Gasteiger partial charge in [0, 0.05) is 10.2 Å². The second-order valence-electron chi connectivity index (χ2n) is 4.15. The van der Waals surface area contributed by atoms with Crippen LogP contribution in [0.25, 0.3) is 0 Å². The van der Waals surface area contributed by atoms with E-state index in [9.17, 15) is 4.79 Å². The summed E-state index contributed by atoms with van der Waals surface area (Å²) in [7, 11) is 0. The highest BCUT2D eigenvalue weighted by molar-refractivity contribution is 9.13. The van der Waals surface area contributed by atoms with Crippen LogP contribution in [0.15, 0.2) is 32.5 Å². The molecule has 1 amide bonds. The van der Waals surface area contributed by atoms with Crippen LogP contribution in [0.4, 0.5) is 5.69 Å². The molecule has 0 radical (unpaired) electrons. The van der Waals surface area contributed by atoms with Gasteiger partial charge in [0.2, 0.25) is 0 Å². The minimum absolute atomic E-state index is 0.0691. The molecule has 0 fully saturated rings. The second kappa shape index (κ2) is 6.20. The summed E-state index contributed by atoms with van der Waals surface area (Å²) in [5.41, 5.74) is 3.17. The monoisotopic (exact) mass is 401 g/mol. The molecule has 1 N–H and O–H groups in total. The first-order chi connectivity index (χ1) is 9.02. The van der Waals surface area contributed by atoms with Crippen LogP contribution in [-0.4, -0.2) is 5.91 Å². The number of anilines is 1. The lowest BCUT2D eigenvalue weighted by atomic mass is 10.1. The summed E-state index contributed by atoms with van der Waals surface area (Å²) in [6.07, 6.45) is 0.898. The van der Waals surface area contributed by atoms with Crippen LogP contribution >= 0.6 is 43.2 Å². The fourth-order valence-corrected chi connectivity index (χ4v) is 3.77. The Bertz CT molecular complexity index is 602. The van der Waals surface area contributed by atoms with Gasteiger partial charge in [0.25, 0.3) is 5.91 Å². The molecule has 0 bridgehead atoms. The van der Waals surface area contributed by atoms with Crippen LogP contribution in [0.5, 0.6) is 0 Å². The van der Waals surface area contributed by atoms with Gasteiger partial charge in [-0.05, 0) is 62.4 Å². The first kappa shape index (κ1) is 14.8. The molecule has 0 saturated carbocycles. The molecular weight excluding hydrogens is 390 g/mol. The molecule has 2 rings (SSSR count). The van der Waals surface area contributed by atoms with Gasteiger partial charge in [0.05, 0.1) is 8.66 Å². The van der Waals surface area contributed by atoms with Gasteiger partial charge in [-0.2, -0.15) is 0 Å². The number of aryl methyl sites for hydroxylation is 2. The van der Waals surface area contributed by atoms with Crippen molar-refractivity contribution in [3.63, 3.8) is 0 Å². The molecule has 0 aliphatic rings. The molecule has 1 aromatic carbocycles. The SMILES string of the molecule is CCc1cccc(C)c1NC(=O)c1cc(Br)c(Br)s1. The predicted octanol–water partition coefficient (Wildman–Crippen LogP) is 5.40. The quantitative estimate of drug-likeness (QED) is 0.731. The lowest BCUT2D eigenvalue weighted by Crippen LogP contribution is -2.12. The maximum absolute atomic E-state index is 12.3. The van der Waals surface area contributed by atoms with E-state index in [1.165, 1.54) is 11.3 Å². The van der Waals surface area contributed by atoms with E-state index in [0.29, 0.717) is 4.88 Å². The van der Waals surface area contributed by atoms with Gasteiger partial charge in [-0.15, -0.1) is 11.3 Å². The minimum Gasteiger partial charge on any atom is -0.321 e. The smallest absolute Gasteiger partial charge is 0.265 e. The Morgan fingerprint density at radius 3 is 2.68 bits per heavy atom. The highest BCUT2D eigenvalue weighted by atomic mass is 79.9. The molecule has 0 saturated heterocycles. The number of hydrogen-bond acceptors (Lipinski definition) is 2. The number of rotatable bonds is 3. The zero-order valence-electron chi connectivity index (χ0n) is 10.6. The molecule has 5 heteroatoms. The van der Waals surface area contributed by atoms with Gasteiger partial charge >= 0.3 is 0 Å². The number of carbonyl (C=O) groups excluding carboxylic acids is 1. The zero-order valence-corrected chi connectivity index (χ0v) is 14.6. The molecule has 100 valence electrons. The maximum atomic E-state index is 12.3. The van der Waals surface area contributed by atoms with E-state index in [2.05, 4.69) is 44.1 Å². The molecule has 1 heterocycles. The van der Waals surface area contributed by atoms with Crippen LogP contribution in [-0.2, 0) is 6.42 Å². The van der Waals surface area contributed by atoms with E-state index in [1.54, 1.807) is 0 Å². The van der Waals surface area contributed by atoms with E-state index in [0.717, 1.165) is 31.5 Å². The summed E-state index contributed by atoms with van der Waals surface area (Å²) >= 11 is 8.22. The Kier molecular flexibility index (Phi) is 4.81. The van der Waals surface area contributed by atoms with Crippen molar-refractivity contribution < 1.29 is 4.79 Å². The number of benzene rings is 1. The van der Waals surface area contributed by atoms with Crippen molar-refractivity contribution in [2.24, 2.45) is 0 Å². The molecule has 0 unspecified atom stereocenters. The van der Waals surface area contributed by atoms with E-state index in [4.69, 9.17) is 0 Å². The summed E-state index contributed by atoms with van der Waals surface area (Å²) < 4.78 is 1.83. The average molecular weight is 403 g/mol. The van der Waals surface area contributed by atoms with Crippen LogP contribution < -0.4 is 5.32 Å². The van der Waals surface area contributed by atoms with Crippen molar-refractivity contribution in [3.05, 3.63) is 48.5 Å². The van der Waals surface area contributed by atoms with E-state index < -0.39 is 0 Å². The van der Waals surface area contributed by atoms with Crippen molar-refractivity contribution in [2.75, 3.05) is 5.32 Å². The fourth-order valence-electron chi connectivity index (χ4n) is 1.84. The summed E-state index contributed by atoms with van der Waals surface area (Å²) in [6, 6.07) is 7.90. The lowest BCUT2D eigenvalue weighted by molar-refractivity contribution is 0.103. The topological polar surface area (TPSA) is 29.1 Å². The Morgan fingerprint density at radius 1 is 1.37 bits per heavy atom. The second-order valence-corrected chi connectivity index (χ2v) is 7.37. The number of nitrogens with one attached hydrogen (secondary N) is 1. The van der Waals surface area contributed by atoms with Gasteiger partial charge < -0.3 is 5.32 Å². The van der Waals surface area contributed by atoms with E-state index in [-0.39, 0.29) is 5.91 Å². The summed E-state index contributed by atoms with van der Waals surface area (Å²) in [4.78, 5) is 12.9. The molecule has 0 aliphatic heterocycles. The van der Waals surface area contributed by atoms with Crippen molar-refractivity contribution in [1.29, 1.82) is 0 Å². The third kappa shape index (κ3) is 3.27. The van der Waals surface area contributed by atoms with Crippen LogP contribution in [0.2, 0.25) is 0 Å². The number of halogens is 2. The summed E-state index contributed by atoms with van der Waals surface area (Å²) in [5, 5.41) is 3.02. The maximum Gasteiger partial charge on any atom is 0.265 e. The third-order valence-corrected chi connectivity index (χ3v) is 6.10. The number of thiophene rings is 1.